The van der Waals surface area contributed by atoms with E-state index < -0.39 is 29.9 Å². The Hall–Kier alpha value is -1.34. The van der Waals surface area contributed by atoms with Crippen LogP contribution in [0.15, 0.2) is 0 Å². The molecule has 34 heavy (non-hydrogen) atoms. The monoisotopic (exact) mass is 506 g/mol. The molecule has 0 radical (unpaired) electrons. The topological polar surface area (TPSA) is 122 Å². The van der Waals surface area contributed by atoms with Gasteiger partial charge in [-0.1, -0.05) is 103 Å². The molecule has 0 aromatic carbocycles. The SMILES string of the molecule is Cl.[2H]N(CCCCCCCCCCCCCCCCCC)[C@@H](C)C(=O)N[C@@H](CCC(=O)O)C(N)=O. The number of carboxylic acids is 1. The Labute approximate surface area is 215 Å². The molecule has 0 saturated heterocycles. The Morgan fingerprint density at radius 1 is 0.824 bits per heavy atom. The number of hydrogen-bond acceptors (Lipinski definition) is 4. The number of aliphatic carboxylic acids is 1. The molecule has 7 nitrogen and oxygen atoms in total. The predicted molar refractivity (Wildman–Crippen MR) is 142 cm³/mol. The summed E-state index contributed by atoms with van der Waals surface area (Å²) in [5.74, 6) is -2.31. The lowest BCUT2D eigenvalue weighted by Gasteiger charge is -2.19. The van der Waals surface area contributed by atoms with Crippen molar-refractivity contribution < 1.29 is 20.9 Å². The molecule has 0 saturated carbocycles. The van der Waals surface area contributed by atoms with Gasteiger partial charge in [-0.2, -0.15) is 0 Å². The number of nitrogens with one attached hydrogen (secondary N) is 2. The highest BCUT2D eigenvalue weighted by Crippen LogP contribution is 2.13. The van der Waals surface area contributed by atoms with Crippen molar-refractivity contribution in [3.05, 3.63) is 0 Å². The summed E-state index contributed by atoms with van der Waals surface area (Å²) in [7, 11) is 0. The summed E-state index contributed by atoms with van der Waals surface area (Å²) in [6, 6.07) is -1.77. The molecule has 2 amide bonds. The number of unbranched alkanes of at least 4 members (excludes halogenated alkanes) is 15. The molecule has 0 bridgehead atoms. The van der Waals surface area contributed by atoms with Crippen LogP contribution in [-0.2, 0) is 14.4 Å². The van der Waals surface area contributed by atoms with Gasteiger partial charge in [0.25, 0.3) is 0 Å². The van der Waals surface area contributed by atoms with Crippen LogP contribution in [0.1, 0.15) is 129 Å². The summed E-state index contributed by atoms with van der Waals surface area (Å²) in [6.45, 7) is 4.34. The van der Waals surface area contributed by atoms with Crippen LogP contribution in [0.3, 0.4) is 0 Å². The molecule has 0 fully saturated rings. The Kier molecular flexibility index (Phi) is 23.8. The summed E-state index contributed by atoms with van der Waals surface area (Å²) in [6.07, 6.45) is 20.3. The average molecular weight is 507 g/mol. The number of rotatable bonds is 24. The third-order valence-electron chi connectivity index (χ3n) is 6.10. The van der Waals surface area contributed by atoms with Crippen LogP contribution in [0.4, 0.5) is 0 Å². The molecule has 5 N–H and O–H groups in total. The lowest BCUT2D eigenvalue weighted by Crippen LogP contribution is -2.51. The van der Waals surface area contributed by atoms with Crippen LogP contribution in [0.2, 0.25) is 1.41 Å². The quantitative estimate of drug-likeness (QED) is 0.129. The third-order valence-corrected chi connectivity index (χ3v) is 6.10. The fourth-order valence-corrected chi connectivity index (χ4v) is 3.87. The van der Waals surface area contributed by atoms with Crippen LogP contribution in [0.5, 0.6) is 0 Å². The van der Waals surface area contributed by atoms with Crippen LogP contribution in [0, 0.1) is 0 Å². The molecule has 0 aromatic heterocycles. The molecule has 0 unspecified atom stereocenters. The van der Waals surface area contributed by atoms with Crippen LogP contribution < -0.4 is 16.4 Å². The Balaban J connectivity index is 0. The second-order valence-corrected chi connectivity index (χ2v) is 9.28. The molecule has 0 aromatic rings. The molecule has 2 atom stereocenters. The Bertz CT molecular complexity index is 555. The maximum absolute atomic E-state index is 12.3. The maximum Gasteiger partial charge on any atom is 0.303 e. The molecule has 0 aliphatic rings. The van der Waals surface area contributed by atoms with E-state index in [1.807, 2.05) is 0 Å². The summed E-state index contributed by atoms with van der Waals surface area (Å²) in [5, 5.41) is 12.4. The normalized spacial score (nSPS) is 13.1. The zero-order chi connectivity index (χ0) is 25.6. The summed E-state index contributed by atoms with van der Waals surface area (Å²) < 4.78 is 8.08. The third kappa shape index (κ3) is 22.5. The van der Waals surface area contributed by atoms with Crippen LogP contribution in [-0.4, -0.2) is 41.5 Å². The van der Waals surface area contributed by atoms with Gasteiger partial charge in [0, 0.05) is 6.42 Å². The first-order valence-corrected chi connectivity index (χ1v) is 13.4. The Morgan fingerprint density at radius 3 is 1.62 bits per heavy atom. The molecule has 202 valence electrons. The van der Waals surface area contributed by atoms with E-state index in [9.17, 15) is 14.4 Å². The molecule has 0 aliphatic carbocycles. The van der Waals surface area contributed by atoms with Crippen molar-refractivity contribution in [1.29, 1.82) is 0 Å². The highest BCUT2D eigenvalue weighted by Gasteiger charge is 2.21. The van der Waals surface area contributed by atoms with E-state index >= 15 is 0 Å². The molecular weight excluding hydrogens is 454 g/mol. The summed E-state index contributed by atoms with van der Waals surface area (Å²) in [4.78, 5) is 34.4. The maximum atomic E-state index is 12.3. The van der Waals surface area contributed by atoms with Crippen molar-refractivity contribution in [3.8, 4) is 0 Å². The predicted octanol–water partition coefficient (Wildman–Crippen LogP) is 5.48. The molecule has 0 aliphatic heterocycles. The van der Waals surface area contributed by atoms with Crippen molar-refractivity contribution in [2.75, 3.05) is 6.54 Å². The van der Waals surface area contributed by atoms with Gasteiger partial charge in [0.1, 0.15) is 7.45 Å². The van der Waals surface area contributed by atoms with Crippen LogP contribution >= 0.6 is 12.4 Å². The molecule has 0 rings (SSSR count). The van der Waals surface area contributed by atoms with Crippen molar-refractivity contribution in [2.45, 2.75) is 142 Å². The van der Waals surface area contributed by atoms with Gasteiger partial charge in [-0.25, -0.2) is 0 Å². The molecule has 0 spiro atoms. The largest absolute Gasteiger partial charge is 0.481 e. The summed E-state index contributed by atoms with van der Waals surface area (Å²) >= 11 is 0. The fourth-order valence-electron chi connectivity index (χ4n) is 3.87. The van der Waals surface area contributed by atoms with Crippen molar-refractivity contribution in [3.63, 3.8) is 0 Å². The minimum Gasteiger partial charge on any atom is -0.481 e. The number of carbonyl (C=O) groups excluding carboxylic acids is 2. The standard InChI is InChI=1S/C26H51N3O4.ClH/c1-3-4-5-6-7-8-9-10-11-12-13-14-15-16-17-18-21-28-22(2)26(33)29-23(25(27)32)19-20-24(30)31;/h22-23,28H,3-21H2,1-2H3,(H2,27,32)(H,29,33)(H,30,31);1H/t22-,23-;/m0./s1/i/hD. The number of carboxylic acid groups (broad SMARTS) is 1. The highest BCUT2D eigenvalue weighted by atomic mass is 35.5. The number of halogens is 1. The number of carbonyl (C=O) groups is 3. The average Bonchev–Trinajstić information content (AvgIpc) is 2.80. The van der Waals surface area contributed by atoms with Gasteiger partial charge in [-0.3, -0.25) is 14.4 Å². The molecular formula is C26H52ClN3O4. The second-order valence-electron chi connectivity index (χ2n) is 9.28. The van der Waals surface area contributed by atoms with E-state index in [-0.39, 0.29) is 25.2 Å². The van der Waals surface area contributed by atoms with Gasteiger partial charge in [0.2, 0.25) is 11.8 Å². The zero-order valence-electron chi connectivity index (χ0n) is 22.7. The van der Waals surface area contributed by atoms with Gasteiger partial charge in [0.15, 0.2) is 0 Å². The van der Waals surface area contributed by atoms with E-state index in [0.29, 0.717) is 6.54 Å². The number of primary amides is 1. The summed E-state index contributed by atoms with van der Waals surface area (Å²) in [5.41, 5.74) is 5.24. The van der Waals surface area contributed by atoms with Crippen molar-refractivity contribution >= 4 is 30.2 Å². The first kappa shape index (κ1) is 32.7. The van der Waals surface area contributed by atoms with E-state index in [1.54, 1.807) is 6.92 Å². The lowest BCUT2D eigenvalue weighted by atomic mass is 10.0. The van der Waals surface area contributed by atoms with Crippen molar-refractivity contribution in [1.82, 2.24) is 10.6 Å². The van der Waals surface area contributed by atoms with Gasteiger partial charge in [-0.15, -0.1) is 12.4 Å². The van der Waals surface area contributed by atoms with Gasteiger partial charge >= 0.3 is 5.97 Å². The minimum absolute atomic E-state index is 0. The number of hydrogen-bond donors (Lipinski definition) is 4. The minimum atomic E-state index is -1.06. The molecule has 0 heterocycles. The Morgan fingerprint density at radius 2 is 1.24 bits per heavy atom. The highest BCUT2D eigenvalue weighted by molar-refractivity contribution is 5.89. The van der Waals surface area contributed by atoms with Gasteiger partial charge < -0.3 is 21.5 Å². The zero-order valence-corrected chi connectivity index (χ0v) is 22.5. The first-order valence-electron chi connectivity index (χ1n) is 13.8. The van der Waals surface area contributed by atoms with Gasteiger partial charge in [0.05, 0.1) is 6.04 Å². The molecule has 8 heteroatoms. The van der Waals surface area contributed by atoms with E-state index in [2.05, 4.69) is 12.2 Å². The van der Waals surface area contributed by atoms with Crippen molar-refractivity contribution in [2.24, 2.45) is 5.73 Å². The van der Waals surface area contributed by atoms with E-state index in [0.717, 1.165) is 19.3 Å². The number of amides is 2. The van der Waals surface area contributed by atoms with Gasteiger partial charge in [-0.05, 0) is 26.3 Å². The van der Waals surface area contributed by atoms with Crippen LogP contribution in [0.25, 0.3) is 0 Å². The number of nitrogens with two attached hydrogens (primary N) is 1. The lowest BCUT2D eigenvalue weighted by molar-refractivity contribution is -0.137. The second kappa shape index (κ2) is 24.8. The fraction of sp³-hybridized carbons (Fsp3) is 0.885. The first-order chi connectivity index (χ1) is 16.3. The van der Waals surface area contributed by atoms with E-state index in [4.69, 9.17) is 12.3 Å². The smallest absolute Gasteiger partial charge is 0.303 e. The van der Waals surface area contributed by atoms with E-state index in [1.165, 1.54) is 88.8 Å².